The van der Waals surface area contributed by atoms with Crippen molar-refractivity contribution in [2.75, 3.05) is 0 Å². The molecular formula is C31H22IrN3S. The van der Waals surface area contributed by atoms with Gasteiger partial charge in [0.15, 0.2) is 0 Å². The van der Waals surface area contributed by atoms with E-state index in [0.717, 1.165) is 33.1 Å². The van der Waals surface area contributed by atoms with E-state index in [0.29, 0.717) is 0 Å². The van der Waals surface area contributed by atoms with E-state index in [1.165, 1.54) is 0 Å². The zero-order valence-electron chi connectivity index (χ0n) is 19.3. The number of hydrogen-bond donors (Lipinski definition) is 0. The van der Waals surface area contributed by atoms with Gasteiger partial charge in [0.1, 0.15) is 0 Å². The fraction of sp³-hybridized carbons (Fsp3) is 0. The number of hydrogen-bond acceptors (Lipinski definition) is 4. The van der Waals surface area contributed by atoms with Gasteiger partial charge >= 0.3 is 20.1 Å². The normalized spacial score (nSPS) is 9.44. The quantitative estimate of drug-likeness (QED) is 0.183. The Morgan fingerprint density at radius 1 is 0.472 bits per heavy atom. The van der Waals surface area contributed by atoms with Crippen molar-refractivity contribution in [3.05, 3.63) is 151 Å². The van der Waals surface area contributed by atoms with E-state index in [2.05, 4.69) is 33.2 Å². The molecule has 176 valence electrons. The van der Waals surface area contributed by atoms with Crippen molar-refractivity contribution in [1.29, 1.82) is 0 Å². The molecule has 2 aromatic carbocycles. The zero-order valence-corrected chi connectivity index (χ0v) is 22.5. The van der Waals surface area contributed by atoms with Crippen LogP contribution < -0.4 is 0 Å². The molecule has 4 heterocycles. The molecular weight excluding hydrogens is 639 g/mol. The Morgan fingerprint density at radius 2 is 0.944 bits per heavy atom. The Morgan fingerprint density at radius 3 is 1.31 bits per heavy atom. The van der Waals surface area contributed by atoms with Crippen LogP contribution >= 0.6 is 11.3 Å². The Kier molecular flexibility index (Phi) is 11.4. The van der Waals surface area contributed by atoms with Crippen LogP contribution in [0.15, 0.2) is 133 Å². The summed E-state index contributed by atoms with van der Waals surface area (Å²) in [5.41, 5.74) is 5.02. The third-order valence-electron chi connectivity index (χ3n) is 4.67. The summed E-state index contributed by atoms with van der Waals surface area (Å²) < 4.78 is 0. The minimum Gasteiger partial charge on any atom is -0.319 e. The molecule has 0 aliphatic heterocycles. The topological polar surface area (TPSA) is 38.7 Å². The predicted octanol–water partition coefficient (Wildman–Crippen LogP) is 7.71. The first-order valence-electron chi connectivity index (χ1n) is 11.0. The summed E-state index contributed by atoms with van der Waals surface area (Å²) in [5, 5.41) is 2.00. The first-order chi connectivity index (χ1) is 17.4. The Bertz CT molecular complexity index is 1200. The molecule has 0 aliphatic carbocycles. The van der Waals surface area contributed by atoms with Gasteiger partial charge in [0.25, 0.3) is 0 Å². The first kappa shape index (κ1) is 26.8. The molecule has 4 aromatic heterocycles. The maximum absolute atomic E-state index is 4.22. The molecule has 0 saturated heterocycles. The number of pyridine rings is 3. The third kappa shape index (κ3) is 8.47. The van der Waals surface area contributed by atoms with Gasteiger partial charge in [-0.05, 0) is 35.3 Å². The summed E-state index contributed by atoms with van der Waals surface area (Å²) in [6, 6.07) is 44.5. The van der Waals surface area contributed by atoms with Gasteiger partial charge < -0.3 is 15.0 Å². The second-order valence-electron chi connectivity index (χ2n) is 7.09. The van der Waals surface area contributed by atoms with Gasteiger partial charge in [-0.2, -0.15) is 12.1 Å². The molecule has 0 fully saturated rings. The molecule has 0 N–H and O–H groups in total. The van der Waals surface area contributed by atoms with Gasteiger partial charge in [0.2, 0.25) is 0 Å². The summed E-state index contributed by atoms with van der Waals surface area (Å²) >= 11 is 1.66. The minimum absolute atomic E-state index is 0. The average molecular weight is 661 g/mol. The molecule has 0 atom stereocenters. The van der Waals surface area contributed by atoms with E-state index >= 15 is 0 Å². The minimum atomic E-state index is 0. The molecule has 5 heteroatoms. The number of benzene rings is 2. The van der Waals surface area contributed by atoms with E-state index in [1.54, 1.807) is 29.9 Å². The Balaban J connectivity index is 0.000000149. The molecule has 0 spiro atoms. The van der Waals surface area contributed by atoms with Crippen molar-refractivity contribution >= 4 is 11.3 Å². The van der Waals surface area contributed by atoms with Crippen LogP contribution in [0.25, 0.3) is 33.1 Å². The molecule has 0 radical (unpaired) electrons. The molecule has 6 aromatic rings. The molecule has 6 rings (SSSR count). The number of thiophene rings is 1. The molecule has 0 bridgehead atoms. The van der Waals surface area contributed by atoms with Crippen molar-refractivity contribution in [2.45, 2.75) is 0 Å². The van der Waals surface area contributed by atoms with Crippen LogP contribution in [0.4, 0.5) is 0 Å². The fourth-order valence-electron chi connectivity index (χ4n) is 3.03. The van der Waals surface area contributed by atoms with Gasteiger partial charge in [0, 0.05) is 18.6 Å². The number of rotatable bonds is 3. The summed E-state index contributed by atoms with van der Waals surface area (Å²) in [6.45, 7) is 0. The Labute approximate surface area is 230 Å². The second kappa shape index (κ2) is 15.3. The van der Waals surface area contributed by atoms with Crippen LogP contribution in [0.3, 0.4) is 0 Å². The number of aromatic nitrogens is 3. The standard InChI is InChI=1S/2C11H8N.C9H6NS.Ir/c2*1-2-6-10(7-3-1)11-8-4-5-9-12-11;1-2-6-10-8(4-1)9-5-3-7-11-9;/h2*1-6,8-9H;1-4,6-7H;/q3*-1;+3. The van der Waals surface area contributed by atoms with Gasteiger partial charge in [-0.1, -0.05) is 41.3 Å². The van der Waals surface area contributed by atoms with Crippen LogP contribution in [0.5, 0.6) is 0 Å². The molecule has 36 heavy (non-hydrogen) atoms. The molecule has 0 unspecified atom stereocenters. The Hall–Kier alpha value is -3.76. The van der Waals surface area contributed by atoms with Crippen molar-refractivity contribution in [3.8, 4) is 33.1 Å². The molecule has 3 nitrogen and oxygen atoms in total. The number of nitrogens with zero attached hydrogens (tertiary/aromatic N) is 3. The maximum atomic E-state index is 4.22. The largest absolute Gasteiger partial charge is 3.00 e. The van der Waals surface area contributed by atoms with Crippen LogP contribution in [-0.2, 0) is 20.1 Å². The third-order valence-corrected chi connectivity index (χ3v) is 5.50. The molecule has 0 amide bonds. The summed E-state index contributed by atoms with van der Waals surface area (Å²) in [5.74, 6) is 0. The summed E-state index contributed by atoms with van der Waals surface area (Å²) in [7, 11) is 0. The van der Waals surface area contributed by atoms with E-state index in [-0.39, 0.29) is 20.1 Å². The predicted molar refractivity (Wildman–Crippen MR) is 143 cm³/mol. The van der Waals surface area contributed by atoms with E-state index in [9.17, 15) is 0 Å². The van der Waals surface area contributed by atoms with E-state index in [1.807, 2.05) is 115 Å². The van der Waals surface area contributed by atoms with E-state index < -0.39 is 0 Å². The van der Waals surface area contributed by atoms with Gasteiger partial charge in [-0.3, -0.25) is 0 Å². The maximum Gasteiger partial charge on any atom is 3.00 e. The summed E-state index contributed by atoms with van der Waals surface area (Å²) in [6.07, 6.45) is 5.37. The summed E-state index contributed by atoms with van der Waals surface area (Å²) in [4.78, 5) is 13.7. The van der Waals surface area contributed by atoms with Gasteiger partial charge in [0.05, 0.1) is 0 Å². The molecule has 0 aliphatic rings. The van der Waals surface area contributed by atoms with Crippen LogP contribution in [0.1, 0.15) is 0 Å². The van der Waals surface area contributed by atoms with Crippen LogP contribution in [0, 0.1) is 18.2 Å². The van der Waals surface area contributed by atoms with Crippen LogP contribution in [0.2, 0.25) is 0 Å². The second-order valence-corrected chi connectivity index (χ2v) is 8.01. The van der Waals surface area contributed by atoms with Crippen molar-refractivity contribution in [1.82, 2.24) is 15.0 Å². The smallest absolute Gasteiger partial charge is 0.319 e. The van der Waals surface area contributed by atoms with Crippen molar-refractivity contribution < 1.29 is 20.1 Å². The van der Waals surface area contributed by atoms with Crippen molar-refractivity contribution in [3.63, 3.8) is 0 Å². The van der Waals surface area contributed by atoms with Crippen LogP contribution in [-0.4, -0.2) is 15.0 Å². The SMILES string of the molecule is [Ir+3].[c-]1ccccc1-c1ccccn1.[c-]1ccccc1-c1ccccn1.[c-]1ccsc1-c1ccccn1. The van der Waals surface area contributed by atoms with Crippen molar-refractivity contribution in [2.24, 2.45) is 0 Å². The van der Waals surface area contributed by atoms with Gasteiger partial charge in [-0.25, -0.2) is 11.3 Å². The average Bonchev–Trinajstić information content (AvgIpc) is 3.52. The first-order valence-corrected chi connectivity index (χ1v) is 11.9. The fourth-order valence-corrected chi connectivity index (χ4v) is 3.68. The van der Waals surface area contributed by atoms with Gasteiger partial charge in [-0.15, -0.1) is 77.2 Å². The molecule has 0 saturated carbocycles. The zero-order chi connectivity index (χ0) is 24.0. The van der Waals surface area contributed by atoms with E-state index in [4.69, 9.17) is 0 Å². The monoisotopic (exact) mass is 661 g/mol.